The number of alkyl halides is 3. The van der Waals surface area contributed by atoms with E-state index in [0.717, 1.165) is 37.8 Å². The Labute approximate surface area is 329 Å². The lowest BCUT2D eigenvalue weighted by atomic mass is 9.89. The summed E-state index contributed by atoms with van der Waals surface area (Å²) in [4.78, 5) is 11.7. The molecule has 0 heterocycles. The minimum Gasteiger partial charge on any atom is -0.491 e. The van der Waals surface area contributed by atoms with Crippen LogP contribution in [0.1, 0.15) is 100.0 Å². The fourth-order valence-corrected chi connectivity index (χ4v) is 9.75. The largest absolute Gasteiger partial charge is 0.491 e. The summed E-state index contributed by atoms with van der Waals surface area (Å²) in [6.45, 7) is 33.7. The van der Waals surface area contributed by atoms with Crippen molar-refractivity contribution in [3.63, 3.8) is 0 Å². The average Bonchev–Trinajstić information content (AvgIpc) is 3.31. The van der Waals surface area contributed by atoms with Crippen LogP contribution >= 0.6 is 0 Å². The summed E-state index contributed by atoms with van der Waals surface area (Å²) in [7, 11) is -5.30. The zero-order valence-electron chi connectivity index (χ0n) is 36.3. The van der Waals surface area contributed by atoms with Crippen LogP contribution in [0.15, 0.2) is 48.6 Å². The maximum Gasteiger partial charge on any atom is 0.416 e. The molecule has 0 aliphatic heterocycles. The van der Waals surface area contributed by atoms with Crippen LogP contribution in [-0.2, 0) is 29.0 Å². The van der Waals surface area contributed by atoms with Gasteiger partial charge in [-0.25, -0.2) is 0 Å². The third-order valence-electron chi connectivity index (χ3n) is 12.3. The molecule has 0 unspecified atom stereocenters. The Morgan fingerprint density at radius 2 is 1.39 bits per heavy atom. The van der Waals surface area contributed by atoms with Gasteiger partial charge in [-0.1, -0.05) is 92.7 Å². The summed E-state index contributed by atoms with van der Waals surface area (Å²) in [6.07, 6.45) is 7.01. The number of hydrogen-bond donors (Lipinski definition) is 0. The molecule has 0 radical (unpaired) electrons. The van der Waals surface area contributed by atoms with E-state index >= 15 is 0 Å². The highest BCUT2D eigenvalue weighted by Gasteiger charge is 2.50. The third kappa shape index (κ3) is 14.0. The molecule has 310 valence electrons. The molecule has 1 fully saturated rings. The Kier molecular flexibility index (Phi) is 16.8. The molecule has 1 aromatic carbocycles. The fourth-order valence-electron chi connectivity index (χ4n) is 5.75. The van der Waals surface area contributed by atoms with Crippen molar-refractivity contribution in [2.24, 2.45) is 11.8 Å². The van der Waals surface area contributed by atoms with Crippen LogP contribution in [-0.4, -0.2) is 63.0 Å². The van der Waals surface area contributed by atoms with Crippen molar-refractivity contribution in [2.45, 2.75) is 173 Å². The van der Waals surface area contributed by atoms with Gasteiger partial charge in [-0.15, -0.1) is 0 Å². The van der Waals surface area contributed by atoms with E-state index in [0.29, 0.717) is 6.42 Å². The van der Waals surface area contributed by atoms with E-state index in [9.17, 15) is 18.0 Å². The molecule has 1 aliphatic rings. The normalized spacial score (nSPS) is 21.6. The van der Waals surface area contributed by atoms with Gasteiger partial charge in [0.2, 0.25) is 0 Å². The Balaban J connectivity index is 2.62. The van der Waals surface area contributed by atoms with Crippen molar-refractivity contribution in [1.29, 1.82) is 0 Å². The van der Waals surface area contributed by atoms with E-state index in [4.69, 9.17) is 22.8 Å². The second kappa shape index (κ2) is 18.7. The summed E-state index contributed by atoms with van der Waals surface area (Å²) in [5, 5.41) is -0.0742. The zero-order valence-corrected chi connectivity index (χ0v) is 39.3. The lowest BCUT2D eigenvalue weighted by Crippen LogP contribution is -2.45. The summed E-state index contributed by atoms with van der Waals surface area (Å²) >= 11 is 0. The smallest absolute Gasteiger partial charge is 0.416 e. The van der Waals surface area contributed by atoms with Gasteiger partial charge in [0.25, 0.3) is 0 Å². The van der Waals surface area contributed by atoms with Crippen molar-refractivity contribution in [1.82, 2.24) is 0 Å². The molecular formula is C42H73F3O6Si3. The van der Waals surface area contributed by atoms with Gasteiger partial charge in [0.1, 0.15) is 12.4 Å². The van der Waals surface area contributed by atoms with Crippen molar-refractivity contribution < 1.29 is 40.7 Å². The average molecular weight is 815 g/mol. The van der Waals surface area contributed by atoms with E-state index in [1.807, 2.05) is 0 Å². The van der Waals surface area contributed by atoms with E-state index in [1.165, 1.54) is 13.2 Å². The van der Waals surface area contributed by atoms with Crippen molar-refractivity contribution in [2.75, 3.05) is 13.7 Å². The first-order chi connectivity index (χ1) is 24.4. The molecule has 0 spiro atoms. The number of unbranched alkanes of at least 4 members (excludes halogenated alkanes) is 1. The standard InChI is InChI=1S/C42H73F3O6Si3/c1-39(2,3)52(11,12)49-33(30-48-32-23-21-22-31(28-32)42(43,44)45)26-27-35-34(24-19-17-18-20-25-38(46)47-10)36(50-53(13,14)40(4,5)6)29-37(35)51-54(15,16)41(7,8)9/h17,19,21-23,26-28,33-37H,18,20,24-25,29-30H2,1-16H3/b19-17+,27-26+/t33-,34-,35-,36+,37-/m1/s1. The van der Waals surface area contributed by atoms with Crippen LogP contribution in [0.4, 0.5) is 13.2 Å². The van der Waals surface area contributed by atoms with Gasteiger partial charge in [0, 0.05) is 12.3 Å². The van der Waals surface area contributed by atoms with E-state index < -0.39 is 42.8 Å². The molecule has 0 N–H and O–H groups in total. The van der Waals surface area contributed by atoms with Crippen LogP contribution in [0.3, 0.4) is 0 Å². The Hall–Kier alpha value is -1.71. The van der Waals surface area contributed by atoms with Gasteiger partial charge in [0.15, 0.2) is 25.0 Å². The van der Waals surface area contributed by atoms with Crippen LogP contribution < -0.4 is 4.74 Å². The quantitative estimate of drug-likeness (QED) is 0.0675. The number of methoxy groups -OCH3 is 1. The number of hydrogen-bond acceptors (Lipinski definition) is 6. The minimum absolute atomic E-state index is 0.00144. The second-order valence-electron chi connectivity index (χ2n) is 19.6. The summed E-state index contributed by atoms with van der Waals surface area (Å²) in [6, 6.07) is 5.02. The minimum atomic E-state index is -4.47. The highest BCUT2D eigenvalue weighted by Crippen LogP contribution is 2.48. The van der Waals surface area contributed by atoms with E-state index in [2.05, 4.69) is 126 Å². The monoisotopic (exact) mass is 814 g/mol. The summed E-state index contributed by atoms with van der Waals surface area (Å²) in [5.41, 5.74) is -0.747. The SMILES string of the molecule is COC(=O)CCC/C=C/C[C@@H]1[C@@H](/C=C/[C@H](COc2cccc(C(F)(F)F)c2)O[Si](C)(C)C(C)(C)C)[C@H](O[Si](C)(C)C(C)(C)C)C[C@@H]1O[Si](C)(C)C(C)(C)C. The van der Waals surface area contributed by atoms with Crippen LogP contribution in [0.5, 0.6) is 5.75 Å². The zero-order chi connectivity index (χ0) is 41.6. The second-order valence-corrected chi connectivity index (χ2v) is 33.9. The van der Waals surface area contributed by atoms with Gasteiger partial charge in [-0.3, -0.25) is 4.79 Å². The molecule has 1 aliphatic carbocycles. The van der Waals surface area contributed by atoms with Gasteiger partial charge < -0.3 is 22.8 Å². The van der Waals surface area contributed by atoms with Gasteiger partial charge in [0.05, 0.1) is 31.0 Å². The van der Waals surface area contributed by atoms with Gasteiger partial charge >= 0.3 is 12.1 Å². The number of allylic oxidation sites excluding steroid dienone is 2. The van der Waals surface area contributed by atoms with Crippen molar-refractivity contribution in [3.05, 3.63) is 54.1 Å². The summed E-state index contributed by atoms with van der Waals surface area (Å²) in [5.74, 6) is 0.0528. The number of carbonyl (C=O) groups is 1. The number of carbonyl (C=O) groups excluding carboxylic acids is 1. The first kappa shape index (κ1) is 48.4. The Morgan fingerprint density at radius 3 is 1.91 bits per heavy atom. The molecule has 0 saturated heterocycles. The topological polar surface area (TPSA) is 63.2 Å². The molecule has 0 aromatic heterocycles. The molecule has 6 nitrogen and oxygen atoms in total. The molecule has 12 heteroatoms. The molecule has 1 saturated carbocycles. The van der Waals surface area contributed by atoms with Crippen LogP contribution in [0.25, 0.3) is 0 Å². The highest BCUT2D eigenvalue weighted by molar-refractivity contribution is 6.75. The maximum absolute atomic E-state index is 13.5. The van der Waals surface area contributed by atoms with E-state index in [-0.39, 0.29) is 57.5 Å². The van der Waals surface area contributed by atoms with Gasteiger partial charge in [-0.05, 0) is 104 Å². The maximum atomic E-state index is 13.5. The van der Waals surface area contributed by atoms with Crippen molar-refractivity contribution >= 4 is 30.9 Å². The molecular weight excluding hydrogens is 742 g/mol. The first-order valence-corrected chi connectivity index (χ1v) is 28.4. The number of benzene rings is 1. The first-order valence-electron chi connectivity index (χ1n) is 19.7. The molecule has 54 heavy (non-hydrogen) atoms. The van der Waals surface area contributed by atoms with Crippen LogP contribution in [0, 0.1) is 11.8 Å². The number of halogens is 3. The molecule has 1 aromatic rings. The highest BCUT2D eigenvalue weighted by atomic mass is 28.4. The summed E-state index contributed by atoms with van der Waals surface area (Å²) < 4.78 is 72.9. The Bertz CT molecular complexity index is 1400. The third-order valence-corrected chi connectivity index (χ3v) is 25.8. The number of rotatable bonds is 17. The van der Waals surface area contributed by atoms with E-state index in [1.54, 1.807) is 6.07 Å². The molecule has 0 amide bonds. The lowest BCUT2D eigenvalue weighted by molar-refractivity contribution is -0.140. The van der Waals surface area contributed by atoms with Crippen molar-refractivity contribution in [3.8, 4) is 5.75 Å². The number of ether oxygens (including phenoxy) is 2. The predicted molar refractivity (Wildman–Crippen MR) is 224 cm³/mol. The van der Waals surface area contributed by atoms with Gasteiger partial charge in [-0.2, -0.15) is 13.2 Å². The molecule has 0 bridgehead atoms. The lowest BCUT2D eigenvalue weighted by Gasteiger charge is -2.40. The fraction of sp³-hybridized carbons (Fsp3) is 0.738. The Morgan fingerprint density at radius 1 is 0.833 bits per heavy atom. The molecule has 5 atom stereocenters. The molecule has 2 rings (SSSR count). The predicted octanol–water partition coefficient (Wildman–Crippen LogP) is 12.7. The van der Waals surface area contributed by atoms with Crippen LogP contribution in [0.2, 0.25) is 54.4 Å². The number of esters is 1.